The number of benzene rings is 1. The van der Waals surface area contributed by atoms with E-state index < -0.39 is 5.54 Å². The number of rotatable bonds is 8. The fourth-order valence-corrected chi connectivity index (χ4v) is 5.28. The van der Waals surface area contributed by atoms with Crippen LogP contribution in [0.4, 0.5) is 0 Å². The highest BCUT2D eigenvalue weighted by Crippen LogP contribution is 2.34. The van der Waals surface area contributed by atoms with Crippen LogP contribution < -0.4 is 5.32 Å². The average molecular weight is 463 g/mol. The van der Waals surface area contributed by atoms with Crippen LogP contribution in [0.5, 0.6) is 0 Å². The second-order valence-corrected chi connectivity index (χ2v) is 10.2. The topological polar surface area (TPSA) is 65.5 Å². The van der Waals surface area contributed by atoms with E-state index in [4.69, 9.17) is 0 Å². The first kappa shape index (κ1) is 24.4. The first-order chi connectivity index (χ1) is 16.4. The molecule has 6 nitrogen and oxygen atoms in total. The minimum Gasteiger partial charge on any atom is -0.342 e. The molecule has 2 fully saturated rings. The van der Waals surface area contributed by atoms with Crippen molar-refractivity contribution in [2.75, 3.05) is 19.6 Å². The van der Waals surface area contributed by atoms with Gasteiger partial charge in [-0.1, -0.05) is 63.6 Å². The van der Waals surface area contributed by atoms with Gasteiger partial charge in [-0.2, -0.15) is 0 Å². The van der Waals surface area contributed by atoms with Crippen LogP contribution in [-0.2, 0) is 16.1 Å². The van der Waals surface area contributed by atoms with Gasteiger partial charge in [-0.25, -0.2) is 0 Å². The van der Waals surface area contributed by atoms with Crippen molar-refractivity contribution in [3.63, 3.8) is 0 Å². The predicted molar refractivity (Wildman–Crippen MR) is 135 cm³/mol. The van der Waals surface area contributed by atoms with Crippen molar-refractivity contribution in [1.29, 1.82) is 0 Å². The molecule has 1 N–H and O–H groups in total. The predicted octanol–water partition coefficient (Wildman–Crippen LogP) is 4.26. The smallest absolute Gasteiger partial charge is 0.246 e. The molecular formula is C28H38N4O2. The summed E-state index contributed by atoms with van der Waals surface area (Å²) < 4.78 is 0. The SMILES string of the molecule is CCCCN1C(=O)C(CC(C)C)NC(=O)C12CCN(Cc1ccc(-c3ccccc3)nc1)CC2. The van der Waals surface area contributed by atoms with Crippen LogP contribution in [0, 0.1) is 5.92 Å². The van der Waals surface area contributed by atoms with Gasteiger partial charge in [-0.05, 0) is 43.2 Å². The maximum Gasteiger partial charge on any atom is 0.246 e. The van der Waals surface area contributed by atoms with Crippen LogP contribution in [0.3, 0.4) is 0 Å². The summed E-state index contributed by atoms with van der Waals surface area (Å²) in [7, 11) is 0. The highest BCUT2D eigenvalue weighted by Gasteiger charge is 2.53. The Hall–Kier alpha value is -2.73. The van der Waals surface area contributed by atoms with Gasteiger partial charge >= 0.3 is 0 Å². The summed E-state index contributed by atoms with van der Waals surface area (Å²) in [5, 5.41) is 3.09. The Labute approximate surface area is 203 Å². The fourth-order valence-electron chi connectivity index (χ4n) is 5.28. The standard InChI is InChI=1S/C28H38N4O2/c1-4-5-15-32-26(33)25(18-21(2)3)30-27(34)28(32)13-16-31(17-14-28)20-22-11-12-24(29-19-22)23-9-7-6-8-10-23/h6-12,19,21,25H,4-5,13-18,20H2,1-3H3,(H,30,34). The largest absolute Gasteiger partial charge is 0.342 e. The minimum absolute atomic E-state index is 0.0439. The van der Waals surface area contributed by atoms with E-state index in [2.05, 4.69) is 60.2 Å². The summed E-state index contributed by atoms with van der Waals surface area (Å²) in [5.74, 6) is 0.512. The quantitative estimate of drug-likeness (QED) is 0.637. The van der Waals surface area contributed by atoms with Crippen LogP contribution in [0.15, 0.2) is 48.7 Å². The molecule has 0 radical (unpaired) electrons. The number of unbranched alkanes of at least 4 members (excludes halogenated alkanes) is 1. The van der Waals surface area contributed by atoms with Crippen molar-refractivity contribution in [3.8, 4) is 11.3 Å². The molecule has 2 saturated heterocycles. The number of nitrogens with one attached hydrogen (secondary N) is 1. The van der Waals surface area contributed by atoms with E-state index in [0.29, 0.717) is 31.7 Å². The lowest BCUT2D eigenvalue weighted by molar-refractivity contribution is -0.161. The number of hydrogen-bond donors (Lipinski definition) is 1. The Morgan fingerprint density at radius 3 is 2.44 bits per heavy atom. The first-order valence-electron chi connectivity index (χ1n) is 12.8. The molecule has 1 spiro atoms. The fraction of sp³-hybridized carbons (Fsp3) is 0.536. The first-order valence-corrected chi connectivity index (χ1v) is 12.8. The molecule has 1 aromatic heterocycles. The van der Waals surface area contributed by atoms with Crippen molar-refractivity contribution in [2.45, 2.75) is 71.0 Å². The Balaban J connectivity index is 1.42. The van der Waals surface area contributed by atoms with E-state index in [9.17, 15) is 9.59 Å². The lowest BCUT2D eigenvalue weighted by Crippen LogP contribution is -2.73. The lowest BCUT2D eigenvalue weighted by Gasteiger charge is -2.52. The Kier molecular flexibility index (Phi) is 7.67. The van der Waals surface area contributed by atoms with Gasteiger partial charge < -0.3 is 10.2 Å². The highest BCUT2D eigenvalue weighted by atomic mass is 16.2. The molecule has 1 unspecified atom stereocenters. The van der Waals surface area contributed by atoms with Crippen molar-refractivity contribution in [3.05, 3.63) is 54.2 Å². The van der Waals surface area contributed by atoms with E-state index in [1.54, 1.807) is 0 Å². The van der Waals surface area contributed by atoms with E-state index in [-0.39, 0.29) is 17.9 Å². The van der Waals surface area contributed by atoms with Gasteiger partial charge in [0, 0.05) is 37.9 Å². The third kappa shape index (κ3) is 5.17. The Bertz CT molecular complexity index is 966. The molecule has 4 rings (SSSR count). The number of aromatic nitrogens is 1. The van der Waals surface area contributed by atoms with E-state index in [1.807, 2.05) is 29.3 Å². The second-order valence-electron chi connectivity index (χ2n) is 10.2. The monoisotopic (exact) mass is 462 g/mol. The number of piperazine rings is 1. The van der Waals surface area contributed by atoms with Gasteiger partial charge in [0.1, 0.15) is 11.6 Å². The molecular weight excluding hydrogens is 424 g/mol. The van der Waals surface area contributed by atoms with Gasteiger partial charge in [-0.15, -0.1) is 0 Å². The zero-order chi connectivity index (χ0) is 24.1. The van der Waals surface area contributed by atoms with Crippen molar-refractivity contribution < 1.29 is 9.59 Å². The van der Waals surface area contributed by atoms with Gasteiger partial charge in [-0.3, -0.25) is 19.5 Å². The molecule has 6 heteroatoms. The van der Waals surface area contributed by atoms with E-state index in [0.717, 1.165) is 43.7 Å². The molecule has 182 valence electrons. The molecule has 0 saturated carbocycles. The maximum atomic E-state index is 13.4. The molecule has 1 aromatic carbocycles. The van der Waals surface area contributed by atoms with Gasteiger partial charge in [0.05, 0.1) is 5.69 Å². The van der Waals surface area contributed by atoms with Crippen LogP contribution in [-0.4, -0.2) is 57.8 Å². The summed E-state index contributed by atoms with van der Waals surface area (Å²) in [6.45, 7) is 9.38. The van der Waals surface area contributed by atoms with Gasteiger partial charge in [0.25, 0.3) is 0 Å². The van der Waals surface area contributed by atoms with Crippen molar-refractivity contribution in [2.24, 2.45) is 5.92 Å². The number of likely N-dealkylation sites (tertiary alicyclic amines) is 1. The molecule has 2 aromatic rings. The number of pyridine rings is 1. The summed E-state index contributed by atoms with van der Waals surface area (Å²) in [6.07, 6.45) is 5.94. The normalized spacial score (nSPS) is 20.7. The third-order valence-corrected chi connectivity index (χ3v) is 7.23. The molecule has 0 aliphatic carbocycles. The number of hydrogen-bond acceptors (Lipinski definition) is 4. The zero-order valence-corrected chi connectivity index (χ0v) is 20.8. The van der Waals surface area contributed by atoms with Gasteiger partial charge in [0.2, 0.25) is 11.8 Å². The summed E-state index contributed by atoms with van der Waals surface area (Å²) in [6, 6.07) is 14.0. The van der Waals surface area contributed by atoms with Crippen LogP contribution in [0.2, 0.25) is 0 Å². The van der Waals surface area contributed by atoms with Gasteiger partial charge in [0.15, 0.2) is 0 Å². The molecule has 34 heavy (non-hydrogen) atoms. The van der Waals surface area contributed by atoms with Crippen molar-refractivity contribution >= 4 is 11.8 Å². The molecule has 1 atom stereocenters. The van der Waals surface area contributed by atoms with Crippen LogP contribution in [0.25, 0.3) is 11.3 Å². The summed E-state index contributed by atoms with van der Waals surface area (Å²) in [5.41, 5.74) is 2.55. The van der Waals surface area contributed by atoms with E-state index >= 15 is 0 Å². The Morgan fingerprint density at radius 1 is 1.09 bits per heavy atom. The molecule has 2 aliphatic rings. The third-order valence-electron chi connectivity index (χ3n) is 7.23. The number of carbonyl (C=O) groups is 2. The maximum absolute atomic E-state index is 13.4. The minimum atomic E-state index is -0.703. The second kappa shape index (κ2) is 10.7. The Morgan fingerprint density at radius 2 is 1.82 bits per heavy atom. The zero-order valence-electron chi connectivity index (χ0n) is 20.8. The number of amides is 2. The summed E-state index contributed by atoms with van der Waals surface area (Å²) in [4.78, 5) is 35.8. The number of nitrogens with zero attached hydrogens (tertiary/aromatic N) is 3. The lowest BCUT2D eigenvalue weighted by atomic mass is 9.80. The van der Waals surface area contributed by atoms with Crippen molar-refractivity contribution in [1.82, 2.24) is 20.1 Å². The van der Waals surface area contributed by atoms with Crippen LogP contribution in [0.1, 0.15) is 58.4 Å². The molecule has 2 amide bonds. The number of piperidine rings is 1. The molecule has 3 heterocycles. The molecule has 2 aliphatic heterocycles. The van der Waals surface area contributed by atoms with E-state index in [1.165, 1.54) is 5.56 Å². The summed E-state index contributed by atoms with van der Waals surface area (Å²) >= 11 is 0. The number of carbonyl (C=O) groups excluding carboxylic acids is 2. The highest BCUT2D eigenvalue weighted by molar-refractivity contribution is 6.00. The molecule has 0 bridgehead atoms. The average Bonchev–Trinajstić information content (AvgIpc) is 2.84. The van der Waals surface area contributed by atoms with Crippen LogP contribution >= 0.6 is 0 Å².